The van der Waals surface area contributed by atoms with Gasteiger partial charge in [-0.15, -0.1) is 0 Å². The second-order valence-corrected chi connectivity index (χ2v) is 10.3. The predicted molar refractivity (Wildman–Crippen MR) is 190 cm³/mol. The molecule has 0 aliphatic carbocycles. The van der Waals surface area contributed by atoms with Crippen molar-refractivity contribution in [3.63, 3.8) is 0 Å². The molecule has 0 aliphatic heterocycles. The summed E-state index contributed by atoms with van der Waals surface area (Å²) in [5, 5.41) is -0.776. The van der Waals surface area contributed by atoms with E-state index in [0.717, 1.165) is 11.1 Å². The molecule has 0 radical (unpaired) electrons. The molecule has 1 heterocycles. The van der Waals surface area contributed by atoms with Gasteiger partial charge in [0.25, 0.3) is 0 Å². The van der Waals surface area contributed by atoms with E-state index in [1.165, 1.54) is 6.07 Å². The lowest BCUT2D eigenvalue weighted by Gasteiger charge is -2.20. The van der Waals surface area contributed by atoms with E-state index in [1.807, 2.05) is 36.4 Å². The highest BCUT2D eigenvalue weighted by Crippen LogP contribution is 2.49. The topological polar surface area (TPSA) is 13.1 Å². The molecule has 0 atom stereocenters. The van der Waals surface area contributed by atoms with Crippen LogP contribution in [0.15, 0.2) is 174 Å². The smallest absolute Gasteiger partial charge is 0.143 e. The predicted octanol–water partition coefficient (Wildman–Crippen LogP) is 12.6. The minimum absolute atomic E-state index is 0.0242. The first-order chi connectivity index (χ1) is 29.8. The number of furan rings is 1. The maximum absolute atomic E-state index is 9.45. The molecule has 1 nitrogen and oxygen atoms in total. The fourth-order valence-corrected chi connectivity index (χ4v) is 6.00. The Bertz CT molecular complexity index is 3400. The summed E-state index contributed by atoms with van der Waals surface area (Å²) in [7, 11) is 0. The van der Waals surface area contributed by atoms with Crippen molar-refractivity contribution in [2.75, 3.05) is 0 Å². The van der Waals surface area contributed by atoms with Crippen LogP contribution in [0.4, 0.5) is 0 Å². The highest BCUT2D eigenvalue weighted by Gasteiger charge is 2.22. The van der Waals surface area contributed by atoms with Crippen LogP contribution >= 0.6 is 0 Å². The van der Waals surface area contributed by atoms with Crippen LogP contribution in [0, 0.1) is 0 Å². The molecule has 0 N–H and O–H groups in total. The summed E-state index contributed by atoms with van der Waals surface area (Å²) in [5.74, 6) is 0. The van der Waals surface area contributed by atoms with Gasteiger partial charge in [0.15, 0.2) is 0 Å². The molecule has 1 heteroatoms. The molecular formula is C44H28O. The molecule has 0 bridgehead atoms. The van der Waals surface area contributed by atoms with E-state index in [2.05, 4.69) is 0 Å². The van der Waals surface area contributed by atoms with Crippen LogP contribution in [0.5, 0.6) is 0 Å². The first-order valence-electron chi connectivity index (χ1n) is 23.0. The number of hydrogen-bond acceptors (Lipinski definition) is 1. The molecule has 45 heavy (non-hydrogen) atoms. The average Bonchev–Trinajstić information content (AvgIpc) is 3.66. The van der Waals surface area contributed by atoms with Crippen molar-refractivity contribution >= 4 is 43.5 Å². The summed E-state index contributed by atoms with van der Waals surface area (Å²) in [6.45, 7) is 0. The highest BCUT2D eigenvalue weighted by molar-refractivity contribution is 6.24. The molecule has 9 rings (SSSR count). The lowest BCUT2D eigenvalue weighted by atomic mass is 9.83. The number of benzene rings is 8. The molecule has 0 fully saturated rings. The van der Waals surface area contributed by atoms with E-state index in [1.54, 1.807) is 18.2 Å². The van der Waals surface area contributed by atoms with Crippen LogP contribution in [0.3, 0.4) is 0 Å². The van der Waals surface area contributed by atoms with E-state index in [9.17, 15) is 8.22 Å². The highest BCUT2D eigenvalue weighted by atomic mass is 16.3. The average molecular weight is 591 g/mol. The van der Waals surface area contributed by atoms with Crippen molar-refractivity contribution in [1.29, 1.82) is 0 Å². The van der Waals surface area contributed by atoms with Crippen molar-refractivity contribution < 1.29 is 29.1 Å². The molecule has 0 amide bonds. The Morgan fingerprint density at radius 3 is 1.53 bits per heavy atom. The van der Waals surface area contributed by atoms with Crippen molar-refractivity contribution in [2.45, 2.75) is 0 Å². The summed E-state index contributed by atoms with van der Waals surface area (Å²) in [5.41, 5.74) is -0.124. The minimum Gasteiger partial charge on any atom is -0.455 e. The fraction of sp³-hybridized carbons (Fsp3) is 0. The Balaban J connectivity index is 1.60. The summed E-state index contributed by atoms with van der Waals surface area (Å²) < 4.78 is 167. The largest absolute Gasteiger partial charge is 0.455 e. The maximum atomic E-state index is 9.45. The normalized spacial score (nSPS) is 17.2. The van der Waals surface area contributed by atoms with Gasteiger partial charge in [0.05, 0.1) is 24.7 Å². The van der Waals surface area contributed by atoms with Gasteiger partial charge in [0.2, 0.25) is 0 Å². The Morgan fingerprint density at radius 1 is 0.378 bits per heavy atom. The summed E-state index contributed by atoms with van der Waals surface area (Å²) in [4.78, 5) is 0. The lowest BCUT2D eigenvalue weighted by Crippen LogP contribution is -1.93. The number of fused-ring (bicyclic) bond motifs is 5. The van der Waals surface area contributed by atoms with Crippen LogP contribution in [0.1, 0.15) is 24.7 Å². The van der Waals surface area contributed by atoms with Gasteiger partial charge in [0.1, 0.15) is 11.2 Å². The van der Waals surface area contributed by atoms with E-state index < -0.39 is 141 Å². The van der Waals surface area contributed by atoms with Gasteiger partial charge < -0.3 is 4.42 Å². The minimum atomic E-state index is -0.813. The van der Waals surface area contributed by atoms with Gasteiger partial charge >= 0.3 is 0 Å². The van der Waals surface area contributed by atoms with Crippen LogP contribution in [-0.2, 0) is 0 Å². The van der Waals surface area contributed by atoms with Crippen LogP contribution < -0.4 is 0 Å². The Morgan fingerprint density at radius 2 is 0.911 bits per heavy atom. The van der Waals surface area contributed by atoms with Gasteiger partial charge in [-0.2, -0.15) is 0 Å². The molecule has 0 aliphatic rings. The zero-order valence-electron chi connectivity index (χ0n) is 41.2. The first kappa shape index (κ1) is 13.4. The quantitative estimate of drug-likeness (QED) is 0.186. The van der Waals surface area contributed by atoms with Crippen molar-refractivity contribution in [3.8, 4) is 44.5 Å². The molecule has 0 spiro atoms. The first-order valence-corrected chi connectivity index (χ1v) is 14.0. The third-order valence-corrected chi connectivity index (χ3v) is 7.89. The third-order valence-electron chi connectivity index (χ3n) is 7.89. The van der Waals surface area contributed by atoms with Crippen LogP contribution in [0.25, 0.3) is 88.0 Å². The second-order valence-electron chi connectivity index (χ2n) is 10.3. The van der Waals surface area contributed by atoms with Gasteiger partial charge in [-0.05, 0) is 78.7 Å². The second kappa shape index (κ2) is 10.4. The molecule has 9 aromatic rings. The summed E-state index contributed by atoms with van der Waals surface area (Å²) >= 11 is 0. The Kier molecular flexibility index (Phi) is 3.08. The van der Waals surface area contributed by atoms with Gasteiger partial charge in [-0.25, -0.2) is 0 Å². The van der Waals surface area contributed by atoms with Crippen LogP contribution in [0.2, 0.25) is 0 Å². The molecule has 8 aromatic carbocycles. The lowest BCUT2D eigenvalue weighted by molar-refractivity contribution is 0.670. The molecule has 0 saturated carbocycles. The third kappa shape index (κ3) is 4.09. The molecular weight excluding hydrogens is 544 g/mol. The van der Waals surface area contributed by atoms with Crippen molar-refractivity contribution in [1.82, 2.24) is 0 Å². The van der Waals surface area contributed by atoms with Crippen molar-refractivity contribution in [3.05, 3.63) is 169 Å². The van der Waals surface area contributed by atoms with E-state index >= 15 is 0 Å². The number of rotatable bonds is 4. The monoisotopic (exact) mass is 590 g/mol. The van der Waals surface area contributed by atoms with Gasteiger partial charge in [-0.1, -0.05) is 151 Å². The Labute approximate surface area is 286 Å². The van der Waals surface area contributed by atoms with Gasteiger partial charge in [0, 0.05) is 16.3 Å². The van der Waals surface area contributed by atoms with Crippen LogP contribution in [-0.4, -0.2) is 0 Å². The fourth-order valence-electron chi connectivity index (χ4n) is 6.00. The summed E-state index contributed by atoms with van der Waals surface area (Å²) in [6.07, 6.45) is 0. The SMILES string of the molecule is [2H]c1c([2H])c([2H])c(-c2c(-c3c4c([2H])c([2H])c([2H])c([2H])c4c(-c4c([2H])c([2H])c([2H])c([2H])c4[2H])c4c([2H])c([2H])c([2H])c([2H])c34)ccc3c2oc2cc(-c4ccccc4)ccc23)c([2H])c1[2H]. The molecule has 0 saturated heterocycles. The molecule has 1 aromatic heterocycles. The Hall–Kier alpha value is -5.92. The molecule has 0 unspecified atom stereocenters. The van der Waals surface area contributed by atoms with Crippen molar-refractivity contribution in [2.24, 2.45) is 0 Å². The standard InChI is InChI=1S/C44H28O/c1-4-14-29(15-5-1)32-24-25-33-38-26-27-39(42(31-18-8-3-9-19-31)44(38)45-40(33)28-32)43-36-22-12-10-20-34(36)41(30-16-6-2-7-17-30)35-21-11-13-23-37(35)43/h1-28H/i2D,3D,6D,7D,8D,9D,10D,11D,12D,13D,16D,17D,18D,19D,20D,21D,22D,23D. The summed E-state index contributed by atoms with van der Waals surface area (Å²) in [6, 6.07) is 4.13. The zero-order chi connectivity index (χ0) is 45.4. The maximum Gasteiger partial charge on any atom is 0.143 e. The van der Waals surface area contributed by atoms with E-state index in [4.69, 9.17) is 20.9 Å². The van der Waals surface area contributed by atoms with E-state index in [0.29, 0.717) is 16.4 Å². The van der Waals surface area contributed by atoms with E-state index in [-0.39, 0.29) is 27.8 Å². The van der Waals surface area contributed by atoms with Gasteiger partial charge in [-0.3, -0.25) is 0 Å². The number of hydrogen-bond donors (Lipinski definition) is 0. The zero-order valence-corrected chi connectivity index (χ0v) is 23.2. The molecule has 210 valence electrons.